The summed E-state index contributed by atoms with van der Waals surface area (Å²) in [7, 11) is 0. The number of carbonyl (C=O) groups excluding carboxylic acids is 2. The smallest absolute Gasteiger partial charge is 0.261 e. The van der Waals surface area contributed by atoms with Crippen molar-refractivity contribution in [2.24, 2.45) is 0 Å². The lowest BCUT2D eigenvalue weighted by Crippen LogP contribution is -2.47. The number of anilines is 1. The Labute approximate surface area is 165 Å². The highest BCUT2D eigenvalue weighted by Gasteiger charge is 2.35. The maximum Gasteiger partial charge on any atom is 0.261 e. The van der Waals surface area contributed by atoms with E-state index in [1.54, 1.807) is 31.2 Å². The first-order valence-corrected chi connectivity index (χ1v) is 9.16. The van der Waals surface area contributed by atoms with Crippen LogP contribution in [0.2, 0.25) is 0 Å². The van der Waals surface area contributed by atoms with Gasteiger partial charge in [-0.1, -0.05) is 12.1 Å². The van der Waals surface area contributed by atoms with Crippen molar-refractivity contribution in [3.63, 3.8) is 0 Å². The van der Waals surface area contributed by atoms with Crippen molar-refractivity contribution in [1.29, 1.82) is 0 Å². The van der Waals surface area contributed by atoms with Crippen molar-refractivity contribution in [2.45, 2.75) is 25.8 Å². The predicted octanol–water partition coefficient (Wildman–Crippen LogP) is 3.25. The lowest BCUT2D eigenvalue weighted by Gasteiger charge is -2.25. The predicted molar refractivity (Wildman–Crippen MR) is 99.8 cm³/mol. The van der Waals surface area contributed by atoms with Gasteiger partial charge in [-0.25, -0.2) is 13.2 Å². The van der Waals surface area contributed by atoms with Crippen molar-refractivity contribution in [2.75, 3.05) is 18.6 Å². The van der Waals surface area contributed by atoms with Gasteiger partial charge in [-0.05, 0) is 44.0 Å². The highest BCUT2D eigenvalue weighted by Crippen LogP contribution is 2.26. The Hall–Kier alpha value is -3.23. The number of hydrogen-bond donors (Lipinski definition) is 2. The maximum atomic E-state index is 13.7. The fraction of sp³-hybridized carbons (Fsp3) is 0.300. The third-order valence-electron chi connectivity index (χ3n) is 4.59. The van der Waals surface area contributed by atoms with Gasteiger partial charge in [0.05, 0.1) is 17.9 Å². The van der Waals surface area contributed by atoms with Crippen LogP contribution in [0.3, 0.4) is 0 Å². The first kappa shape index (κ1) is 20.5. The first-order chi connectivity index (χ1) is 13.9. The average molecular weight is 407 g/mol. The highest BCUT2D eigenvalue weighted by molar-refractivity contribution is 6.00. The summed E-state index contributed by atoms with van der Waals surface area (Å²) in [6.45, 7) is 2.56. The summed E-state index contributed by atoms with van der Waals surface area (Å²) in [5.41, 5.74) is 4.43. The van der Waals surface area contributed by atoms with Crippen LogP contribution in [0, 0.1) is 17.5 Å². The van der Waals surface area contributed by atoms with Crippen LogP contribution in [0.25, 0.3) is 0 Å². The molecule has 0 radical (unpaired) electrons. The van der Waals surface area contributed by atoms with Crippen molar-refractivity contribution >= 4 is 17.5 Å². The number of hydrazine groups is 1. The van der Waals surface area contributed by atoms with Gasteiger partial charge in [0, 0.05) is 6.54 Å². The van der Waals surface area contributed by atoms with E-state index in [0.29, 0.717) is 37.3 Å². The molecule has 1 aliphatic rings. The molecule has 1 saturated heterocycles. The molecule has 0 saturated carbocycles. The van der Waals surface area contributed by atoms with E-state index in [1.165, 1.54) is 4.90 Å². The minimum atomic E-state index is -1.64. The summed E-state index contributed by atoms with van der Waals surface area (Å²) in [5.74, 6) is -4.95. The molecule has 1 heterocycles. The zero-order valence-electron chi connectivity index (χ0n) is 15.7. The van der Waals surface area contributed by atoms with Gasteiger partial charge >= 0.3 is 0 Å². The SMILES string of the molecule is CCOc1ccccc1C(=O)N1CCCC1C(=O)NNc1ccc(F)c(F)c1F. The quantitative estimate of drug-likeness (QED) is 0.570. The number of rotatable bonds is 6. The third kappa shape index (κ3) is 4.28. The van der Waals surface area contributed by atoms with E-state index in [9.17, 15) is 22.8 Å². The van der Waals surface area contributed by atoms with Crippen molar-refractivity contribution < 1.29 is 27.5 Å². The van der Waals surface area contributed by atoms with Gasteiger partial charge in [-0.15, -0.1) is 0 Å². The van der Waals surface area contributed by atoms with Gasteiger partial charge < -0.3 is 9.64 Å². The Kier molecular flexibility index (Phi) is 6.26. The van der Waals surface area contributed by atoms with E-state index in [4.69, 9.17) is 4.74 Å². The highest BCUT2D eigenvalue weighted by atomic mass is 19.2. The summed E-state index contributed by atoms with van der Waals surface area (Å²) in [6.07, 6.45) is 1.02. The summed E-state index contributed by atoms with van der Waals surface area (Å²) in [5, 5.41) is 0. The lowest BCUT2D eigenvalue weighted by molar-refractivity contribution is -0.124. The number of nitrogens with zero attached hydrogens (tertiary/aromatic N) is 1. The van der Waals surface area contributed by atoms with E-state index >= 15 is 0 Å². The summed E-state index contributed by atoms with van der Waals surface area (Å²) >= 11 is 0. The molecule has 154 valence electrons. The number of carbonyl (C=O) groups is 2. The molecule has 2 N–H and O–H groups in total. The fourth-order valence-corrected chi connectivity index (χ4v) is 3.20. The molecule has 2 amide bonds. The van der Waals surface area contributed by atoms with Crippen LogP contribution in [0.1, 0.15) is 30.1 Å². The van der Waals surface area contributed by atoms with E-state index < -0.39 is 35.1 Å². The monoisotopic (exact) mass is 407 g/mol. The number of ether oxygens (including phenoxy) is 1. The second-order valence-electron chi connectivity index (χ2n) is 6.42. The van der Waals surface area contributed by atoms with Crippen LogP contribution in [0.4, 0.5) is 18.9 Å². The van der Waals surface area contributed by atoms with Crippen LogP contribution in [-0.4, -0.2) is 35.9 Å². The standard InChI is InChI=1S/C20H20F3N3O3/c1-2-29-16-8-4-3-6-12(16)20(28)26-11-5-7-15(26)19(27)25-24-14-10-9-13(21)17(22)18(14)23/h3-4,6,8-10,15,24H,2,5,7,11H2,1H3,(H,25,27). The molecule has 9 heteroatoms. The number of benzene rings is 2. The molecule has 0 aromatic heterocycles. The van der Waals surface area contributed by atoms with Gasteiger partial charge in [0.25, 0.3) is 11.8 Å². The minimum Gasteiger partial charge on any atom is -0.493 e. The molecule has 1 aliphatic heterocycles. The molecule has 6 nitrogen and oxygen atoms in total. The Morgan fingerprint density at radius 1 is 1.14 bits per heavy atom. The van der Waals surface area contributed by atoms with E-state index in [-0.39, 0.29) is 5.91 Å². The average Bonchev–Trinajstić information content (AvgIpc) is 3.21. The first-order valence-electron chi connectivity index (χ1n) is 9.16. The molecular formula is C20H20F3N3O3. The topological polar surface area (TPSA) is 70.7 Å². The number of likely N-dealkylation sites (tertiary alicyclic amines) is 1. The molecular weight excluding hydrogens is 387 g/mol. The largest absolute Gasteiger partial charge is 0.493 e. The summed E-state index contributed by atoms with van der Waals surface area (Å²) < 4.78 is 45.5. The number of nitrogens with one attached hydrogen (secondary N) is 2. The van der Waals surface area contributed by atoms with E-state index in [2.05, 4.69) is 10.9 Å². The summed E-state index contributed by atoms with van der Waals surface area (Å²) in [4.78, 5) is 26.9. The number of para-hydroxylation sites is 1. The van der Waals surface area contributed by atoms with Crippen molar-refractivity contribution in [3.8, 4) is 5.75 Å². The van der Waals surface area contributed by atoms with E-state index in [1.807, 2.05) is 0 Å². The minimum absolute atomic E-state index is 0.341. The maximum absolute atomic E-state index is 13.7. The van der Waals surface area contributed by atoms with Gasteiger partial charge in [0.15, 0.2) is 17.5 Å². The molecule has 3 rings (SSSR count). The van der Waals surface area contributed by atoms with Crippen LogP contribution < -0.4 is 15.6 Å². The Morgan fingerprint density at radius 2 is 1.90 bits per heavy atom. The van der Waals surface area contributed by atoms with Crippen LogP contribution in [0.15, 0.2) is 36.4 Å². The van der Waals surface area contributed by atoms with Crippen LogP contribution in [0.5, 0.6) is 5.75 Å². The molecule has 0 bridgehead atoms. The molecule has 1 unspecified atom stereocenters. The van der Waals surface area contributed by atoms with E-state index in [0.717, 1.165) is 12.1 Å². The second kappa shape index (κ2) is 8.85. The second-order valence-corrected chi connectivity index (χ2v) is 6.42. The third-order valence-corrected chi connectivity index (χ3v) is 4.59. The van der Waals surface area contributed by atoms with Gasteiger partial charge in [0.2, 0.25) is 0 Å². The molecule has 0 aliphatic carbocycles. The Balaban J connectivity index is 1.71. The molecule has 1 atom stereocenters. The van der Waals surface area contributed by atoms with Gasteiger partial charge in [-0.3, -0.25) is 20.4 Å². The van der Waals surface area contributed by atoms with Crippen molar-refractivity contribution in [1.82, 2.24) is 10.3 Å². The molecule has 2 aromatic carbocycles. The number of amides is 2. The number of hydrogen-bond acceptors (Lipinski definition) is 4. The van der Waals surface area contributed by atoms with Gasteiger partial charge in [-0.2, -0.15) is 0 Å². The Morgan fingerprint density at radius 3 is 2.66 bits per heavy atom. The lowest BCUT2D eigenvalue weighted by atomic mass is 10.1. The fourth-order valence-electron chi connectivity index (χ4n) is 3.20. The summed E-state index contributed by atoms with van der Waals surface area (Å²) in [6, 6.07) is 7.65. The normalized spacial score (nSPS) is 15.9. The Bertz CT molecular complexity index is 923. The molecule has 29 heavy (non-hydrogen) atoms. The van der Waals surface area contributed by atoms with Crippen molar-refractivity contribution in [3.05, 3.63) is 59.4 Å². The zero-order valence-corrected chi connectivity index (χ0v) is 15.7. The molecule has 0 spiro atoms. The molecule has 1 fully saturated rings. The number of halogens is 3. The van der Waals surface area contributed by atoms with Crippen LogP contribution >= 0.6 is 0 Å². The molecule has 2 aromatic rings. The van der Waals surface area contributed by atoms with Gasteiger partial charge in [0.1, 0.15) is 11.8 Å². The zero-order chi connectivity index (χ0) is 21.0. The van der Waals surface area contributed by atoms with Crippen LogP contribution in [-0.2, 0) is 4.79 Å².